The molecule has 8 atom stereocenters. The van der Waals surface area contributed by atoms with Crippen LogP contribution in [0.3, 0.4) is 0 Å². The molecule has 2 saturated carbocycles. The van der Waals surface area contributed by atoms with E-state index < -0.39 is 12.1 Å². The van der Waals surface area contributed by atoms with Crippen molar-refractivity contribution in [2.45, 2.75) is 205 Å². The second-order valence-electron chi connectivity index (χ2n) is 22.3. The van der Waals surface area contributed by atoms with E-state index in [4.69, 9.17) is 0 Å². The minimum atomic E-state index is -0.433. The molecule has 2 saturated heterocycles. The predicted octanol–water partition coefficient (Wildman–Crippen LogP) is 9.95. The van der Waals surface area contributed by atoms with Gasteiger partial charge >= 0.3 is 0 Å². The van der Waals surface area contributed by atoms with Gasteiger partial charge in [-0.2, -0.15) is 0 Å². The van der Waals surface area contributed by atoms with E-state index in [0.29, 0.717) is 12.1 Å². The first kappa shape index (κ1) is 50.8. The molecule has 2 aromatic carbocycles. The molecule has 3 amide bonds. The van der Waals surface area contributed by atoms with Crippen LogP contribution in [0, 0.1) is 23.7 Å². The molecule has 4 fully saturated rings. The summed E-state index contributed by atoms with van der Waals surface area (Å²) >= 11 is 0. The lowest BCUT2D eigenvalue weighted by Crippen LogP contribution is -2.56. The van der Waals surface area contributed by atoms with Crippen LogP contribution in [0.15, 0.2) is 48.5 Å². The Labute approximate surface area is 410 Å². The minimum absolute atomic E-state index is 0.0209. The maximum absolute atomic E-state index is 14.8. The van der Waals surface area contributed by atoms with Crippen LogP contribution in [-0.2, 0) is 32.0 Å². The normalized spacial score (nSPS) is 25.3. The van der Waals surface area contributed by atoms with E-state index >= 15 is 0 Å². The summed E-state index contributed by atoms with van der Waals surface area (Å²) in [5, 5.41) is 6.65. The van der Waals surface area contributed by atoms with Crippen molar-refractivity contribution in [3.05, 3.63) is 70.8 Å². The van der Waals surface area contributed by atoms with Gasteiger partial charge in [-0.1, -0.05) is 115 Å². The third-order valence-electron chi connectivity index (χ3n) is 17.9. The predicted molar refractivity (Wildman–Crippen MR) is 273 cm³/mol. The van der Waals surface area contributed by atoms with Crippen molar-refractivity contribution in [3.63, 3.8) is 0 Å². The second-order valence-corrected chi connectivity index (χ2v) is 22.3. The topological polar surface area (TPSA) is 105 Å². The second kappa shape index (κ2) is 24.5. The third-order valence-corrected chi connectivity index (χ3v) is 17.9. The van der Waals surface area contributed by atoms with Crippen molar-refractivity contribution >= 4 is 23.5 Å². The van der Waals surface area contributed by atoms with E-state index in [-0.39, 0.29) is 59.3 Å². The van der Waals surface area contributed by atoms with Crippen LogP contribution in [0.2, 0.25) is 0 Å². The van der Waals surface area contributed by atoms with Crippen molar-refractivity contribution in [1.29, 1.82) is 0 Å². The number of amides is 3. The Balaban J connectivity index is 0.979. The molecule has 2 heterocycles. The third kappa shape index (κ3) is 12.1. The SMILES string of the molecule is CC[C@@H](C)C(=O)N[C@H](C(=O)C1CCCN1CN(CCCCN(C[C@@H]1CCCN1C(=O)[C@@H](NC(=O)[C@H](C)CC)C1CCCCC1)C1CCc2ccccc21)C1CCc2ccccc21)C1CCCCC1. The van der Waals surface area contributed by atoms with Crippen LogP contribution in [0.5, 0.6) is 0 Å². The molecule has 8 rings (SSSR count). The highest BCUT2D eigenvalue weighted by molar-refractivity contribution is 5.93. The van der Waals surface area contributed by atoms with E-state index in [1.54, 1.807) is 0 Å². The summed E-state index contributed by atoms with van der Waals surface area (Å²) in [5.74, 6) is 0.673. The number of benzene rings is 2. The first-order valence-electron chi connectivity index (χ1n) is 28.0. The molecule has 68 heavy (non-hydrogen) atoms. The number of nitrogens with one attached hydrogen (secondary N) is 2. The monoisotopic (exact) mass is 933 g/mol. The van der Waals surface area contributed by atoms with E-state index in [1.165, 1.54) is 35.1 Å². The highest BCUT2D eigenvalue weighted by Gasteiger charge is 2.43. The zero-order valence-electron chi connectivity index (χ0n) is 42.6. The Kier molecular flexibility index (Phi) is 18.3. The van der Waals surface area contributed by atoms with Crippen LogP contribution >= 0.6 is 0 Å². The summed E-state index contributed by atoms with van der Waals surface area (Å²) in [5.41, 5.74) is 5.80. The molecular formula is C58H88N6O4. The summed E-state index contributed by atoms with van der Waals surface area (Å²) in [4.78, 5) is 66.6. The fourth-order valence-corrected chi connectivity index (χ4v) is 13.4. The summed E-state index contributed by atoms with van der Waals surface area (Å²) < 4.78 is 0. The highest BCUT2D eigenvalue weighted by Crippen LogP contribution is 2.40. The molecule has 6 aliphatic rings. The van der Waals surface area contributed by atoms with Crippen molar-refractivity contribution in [1.82, 2.24) is 30.2 Å². The van der Waals surface area contributed by atoms with Gasteiger partial charge in [-0.15, -0.1) is 0 Å². The van der Waals surface area contributed by atoms with E-state index in [2.05, 4.69) is 92.6 Å². The quantitative estimate of drug-likeness (QED) is 0.113. The number of aryl methyl sites for hydroxylation is 2. The molecule has 10 nitrogen and oxygen atoms in total. The van der Waals surface area contributed by atoms with E-state index in [9.17, 15) is 19.2 Å². The number of nitrogens with zero attached hydrogens (tertiary/aromatic N) is 4. The Morgan fingerprint density at radius 3 is 1.71 bits per heavy atom. The highest BCUT2D eigenvalue weighted by atomic mass is 16.2. The van der Waals surface area contributed by atoms with Crippen LogP contribution in [0.1, 0.15) is 190 Å². The van der Waals surface area contributed by atoms with Gasteiger partial charge in [0.25, 0.3) is 0 Å². The zero-order valence-corrected chi connectivity index (χ0v) is 42.6. The maximum atomic E-state index is 14.8. The average Bonchev–Trinajstić information content (AvgIpc) is 4.22. The van der Waals surface area contributed by atoms with Crippen LogP contribution in [0.4, 0.5) is 0 Å². The fraction of sp³-hybridized carbons (Fsp3) is 0.724. The molecule has 0 aromatic heterocycles. The van der Waals surface area contributed by atoms with Gasteiger partial charge in [-0.05, 0) is 143 Å². The molecule has 2 aromatic rings. The van der Waals surface area contributed by atoms with Gasteiger partial charge in [0, 0.05) is 56.1 Å². The summed E-state index contributed by atoms with van der Waals surface area (Å²) in [6.07, 6.45) is 22.9. The Morgan fingerprint density at radius 1 is 0.603 bits per heavy atom. The van der Waals surface area contributed by atoms with Crippen LogP contribution < -0.4 is 10.6 Å². The number of carbonyl (C=O) groups is 4. The van der Waals surface area contributed by atoms with Gasteiger partial charge in [-0.3, -0.25) is 33.9 Å². The lowest BCUT2D eigenvalue weighted by atomic mass is 9.80. The molecule has 374 valence electrons. The Hall–Kier alpha value is -3.60. The molecular weight excluding hydrogens is 845 g/mol. The number of fused-ring (bicyclic) bond motifs is 2. The summed E-state index contributed by atoms with van der Waals surface area (Å²) in [6, 6.07) is 17.8. The molecule has 0 spiro atoms. The number of carbonyl (C=O) groups excluding carboxylic acids is 4. The van der Waals surface area contributed by atoms with Crippen LogP contribution in [0.25, 0.3) is 0 Å². The summed E-state index contributed by atoms with van der Waals surface area (Å²) in [7, 11) is 0. The number of Topliss-reactive ketones (excluding diaryl/α,β-unsaturated/α-hetero) is 1. The van der Waals surface area contributed by atoms with Crippen molar-refractivity contribution < 1.29 is 19.2 Å². The molecule has 2 aliphatic heterocycles. The van der Waals surface area contributed by atoms with Crippen molar-refractivity contribution in [3.8, 4) is 0 Å². The number of likely N-dealkylation sites (tertiary alicyclic amines) is 2. The van der Waals surface area contributed by atoms with Gasteiger partial charge in [0.2, 0.25) is 17.7 Å². The first-order valence-corrected chi connectivity index (χ1v) is 28.0. The Morgan fingerprint density at radius 2 is 1.12 bits per heavy atom. The Bertz CT molecular complexity index is 1840. The molecule has 4 aliphatic carbocycles. The lowest BCUT2D eigenvalue weighted by Gasteiger charge is -2.39. The van der Waals surface area contributed by atoms with Crippen LogP contribution in [-0.4, -0.2) is 107 Å². The number of rotatable bonds is 22. The standard InChI is InChI=1S/C58H88N6O4/c1-5-41(3)56(66)59-53(45-23-9-7-10-24-45)55(65)52-30-20-37-63(52)40-62(51-34-32-44-22-14-16-29-49(44)51)36-18-17-35-61(50-33-31-43-21-13-15-28-48(43)50)39-47-27-19-38-64(47)58(68)54(46-25-11-8-12-26-46)60-57(67)42(4)6-2/h13-16,21-22,28-29,41-42,45-47,50-54H,5-12,17-20,23-27,30-40H2,1-4H3,(H,59,66)(H,60,67)/t41-,42-,47+,50?,51?,52?,53+,54+/m1/s1. The smallest absolute Gasteiger partial charge is 0.245 e. The van der Waals surface area contributed by atoms with E-state index in [0.717, 1.165) is 168 Å². The molecule has 2 N–H and O–H groups in total. The van der Waals surface area contributed by atoms with E-state index in [1.807, 2.05) is 13.8 Å². The number of hydrogen-bond donors (Lipinski definition) is 2. The number of ketones is 1. The number of unbranched alkanes of at least 4 members (excludes halogenated alkanes) is 1. The molecule has 0 bridgehead atoms. The first-order chi connectivity index (χ1) is 33.1. The lowest BCUT2D eigenvalue weighted by molar-refractivity contribution is -0.140. The van der Waals surface area contributed by atoms with Gasteiger partial charge < -0.3 is 15.5 Å². The molecule has 3 unspecified atom stereocenters. The molecule has 0 radical (unpaired) electrons. The van der Waals surface area contributed by atoms with Gasteiger partial charge in [0.1, 0.15) is 6.04 Å². The maximum Gasteiger partial charge on any atom is 0.245 e. The zero-order chi connectivity index (χ0) is 47.6. The summed E-state index contributed by atoms with van der Waals surface area (Å²) in [6.45, 7) is 13.3. The largest absolute Gasteiger partial charge is 0.346 e. The van der Waals surface area contributed by atoms with Crippen molar-refractivity contribution in [2.75, 3.05) is 39.4 Å². The van der Waals surface area contributed by atoms with Gasteiger partial charge in [0.05, 0.1) is 18.8 Å². The van der Waals surface area contributed by atoms with Crippen molar-refractivity contribution in [2.24, 2.45) is 23.7 Å². The van der Waals surface area contributed by atoms with Gasteiger partial charge in [0.15, 0.2) is 5.78 Å². The average molecular weight is 933 g/mol. The number of hydrogen-bond acceptors (Lipinski definition) is 7. The minimum Gasteiger partial charge on any atom is -0.346 e. The van der Waals surface area contributed by atoms with Gasteiger partial charge in [-0.25, -0.2) is 0 Å². The fourth-order valence-electron chi connectivity index (χ4n) is 13.4. The molecule has 10 heteroatoms.